The molecular formula is C13H20O2S. The largest absolute Gasteiger partial charge is 0.382 e. The van der Waals surface area contributed by atoms with Crippen LogP contribution >= 0.6 is 11.8 Å². The van der Waals surface area contributed by atoms with Gasteiger partial charge >= 0.3 is 0 Å². The summed E-state index contributed by atoms with van der Waals surface area (Å²) in [4.78, 5) is 0. The molecular weight excluding hydrogens is 220 g/mol. The lowest BCUT2D eigenvalue weighted by Gasteiger charge is -2.16. The number of hydrogen-bond acceptors (Lipinski definition) is 3. The Morgan fingerprint density at radius 1 is 1.19 bits per heavy atom. The van der Waals surface area contributed by atoms with Crippen molar-refractivity contribution in [1.82, 2.24) is 0 Å². The normalized spacial score (nSPS) is 12.6. The summed E-state index contributed by atoms with van der Waals surface area (Å²) in [5.74, 6) is 1.10. The van der Waals surface area contributed by atoms with E-state index in [2.05, 4.69) is 31.2 Å². The van der Waals surface area contributed by atoms with Crippen molar-refractivity contribution < 1.29 is 9.47 Å². The summed E-state index contributed by atoms with van der Waals surface area (Å²) in [7, 11) is 1.69. The van der Waals surface area contributed by atoms with Crippen molar-refractivity contribution in [2.75, 3.05) is 32.7 Å². The van der Waals surface area contributed by atoms with Crippen LogP contribution in [0.1, 0.15) is 17.7 Å². The van der Waals surface area contributed by atoms with E-state index in [1.165, 1.54) is 5.56 Å². The van der Waals surface area contributed by atoms with Crippen LogP contribution in [0.15, 0.2) is 30.3 Å². The molecule has 0 aliphatic heterocycles. The van der Waals surface area contributed by atoms with Crippen LogP contribution in [0.3, 0.4) is 0 Å². The van der Waals surface area contributed by atoms with Crippen LogP contribution in [0.5, 0.6) is 0 Å². The maximum atomic E-state index is 5.60. The quantitative estimate of drug-likeness (QED) is 0.650. The Kier molecular flexibility index (Phi) is 7.30. The average Bonchev–Trinajstić information content (AvgIpc) is 2.34. The van der Waals surface area contributed by atoms with Gasteiger partial charge in [-0.3, -0.25) is 0 Å². The topological polar surface area (TPSA) is 18.5 Å². The lowest BCUT2D eigenvalue weighted by atomic mass is 10.1. The third-order valence-corrected chi connectivity index (χ3v) is 3.38. The van der Waals surface area contributed by atoms with Crippen LogP contribution in [-0.4, -0.2) is 32.7 Å². The predicted octanol–water partition coefficient (Wildman–Crippen LogP) is 3.14. The lowest BCUT2D eigenvalue weighted by Crippen LogP contribution is -2.09. The fourth-order valence-electron chi connectivity index (χ4n) is 1.44. The molecule has 90 valence electrons. The van der Waals surface area contributed by atoms with E-state index in [4.69, 9.17) is 9.47 Å². The fourth-order valence-corrected chi connectivity index (χ4v) is 2.39. The van der Waals surface area contributed by atoms with Crippen molar-refractivity contribution in [3.05, 3.63) is 35.9 Å². The fraction of sp³-hybridized carbons (Fsp3) is 0.538. The highest BCUT2D eigenvalue weighted by molar-refractivity contribution is 7.99. The van der Waals surface area contributed by atoms with Crippen LogP contribution in [-0.2, 0) is 9.47 Å². The molecule has 0 fully saturated rings. The number of hydrogen-bond donors (Lipinski definition) is 0. The van der Waals surface area contributed by atoms with Gasteiger partial charge in [-0.25, -0.2) is 0 Å². The minimum Gasteiger partial charge on any atom is -0.382 e. The molecule has 1 atom stereocenters. The van der Waals surface area contributed by atoms with Crippen molar-refractivity contribution in [2.45, 2.75) is 12.2 Å². The summed E-state index contributed by atoms with van der Waals surface area (Å²) in [5, 5.41) is 0.433. The van der Waals surface area contributed by atoms with Crippen LogP contribution in [0.25, 0.3) is 0 Å². The van der Waals surface area contributed by atoms with Crippen molar-refractivity contribution in [2.24, 2.45) is 0 Å². The van der Waals surface area contributed by atoms with Gasteiger partial charge in [0.25, 0.3) is 0 Å². The summed E-state index contributed by atoms with van der Waals surface area (Å²) in [6.45, 7) is 4.27. The Hall–Kier alpha value is -0.510. The van der Waals surface area contributed by atoms with Gasteiger partial charge in [0, 0.05) is 7.11 Å². The zero-order valence-electron chi connectivity index (χ0n) is 10.0. The molecule has 1 aromatic rings. The molecule has 0 amide bonds. The maximum Gasteiger partial charge on any atom is 0.0701 e. The van der Waals surface area contributed by atoms with E-state index in [1.54, 1.807) is 7.11 Å². The van der Waals surface area contributed by atoms with Crippen LogP contribution in [0.2, 0.25) is 0 Å². The molecule has 0 radical (unpaired) electrons. The summed E-state index contributed by atoms with van der Waals surface area (Å²) in [6.07, 6.45) is 0. The molecule has 0 spiro atoms. The molecule has 0 aliphatic rings. The van der Waals surface area contributed by atoms with Crippen LogP contribution < -0.4 is 0 Å². The van der Waals surface area contributed by atoms with Crippen molar-refractivity contribution in [1.29, 1.82) is 0 Å². The number of thioether (sulfide) groups is 1. The highest BCUT2D eigenvalue weighted by atomic mass is 32.2. The van der Waals surface area contributed by atoms with Crippen molar-refractivity contribution >= 4 is 11.8 Å². The van der Waals surface area contributed by atoms with Gasteiger partial charge in [0.15, 0.2) is 0 Å². The zero-order valence-corrected chi connectivity index (χ0v) is 10.8. The van der Waals surface area contributed by atoms with Gasteiger partial charge in [0.05, 0.1) is 25.1 Å². The van der Waals surface area contributed by atoms with Gasteiger partial charge in [-0.2, -0.15) is 11.8 Å². The molecule has 0 aliphatic carbocycles. The van der Waals surface area contributed by atoms with Crippen LogP contribution in [0, 0.1) is 0 Å². The van der Waals surface area contributed by atoms with Gasteiger partial charge in [-0.05, 0) is 11.3 Å². The molecule has 1 unspecified atom stereocenters. The zero-order chi connectivity index (χ0) is 11.6. The Labute approximate surface area is 102 Å². The molecule has 0 saturated heterocycles. The van der Waals surface area contributed by atoms with E-state index < -0.39 is 0 Å². The summed E-state index contributed by atoms with van der Waals surface area (Å²) in [6, 6.07) is 10.5. The standard InChI is InChI=1S/C13H20O2S/c1-3-16-13(11-15-10-9-14-2)12-7-5-4-6-8-12/h4-8,13H,3,9-11H2,1-2H3. The number of rotatable bonds is 8. The SMILES string of the molecule is CCSC(COCCOC)c1ccccc1. The van der Waals surface area contributed by atoms with Gasteiger partial charge in [0.1, 0.15) is 0 Å². The highest BCUT2D eigenvalue weighted by Gasteiger charge is 2.10. The lowest BCUT2D eigenvalue weighted by molar-refractivity contribution is 0.0713. The third kappa shape index (κ3) is 5.01. The number of ether oxygens (including phenoxy) is 2. The molecule has 0 aromatic heterocycles. The minimum absolute atomic E-state index is 0.433. The number of methoxy groups -OCH3 is 1. The minimum atomic E-state index is 0.433. The Morgan fingerprint density at radius 3 is 2.56 bits per heavy atom. The van der Waals surface area contributed by atoms with E-state index >= 15 is 0 Å². The molecule has 0 heterocycles. The first-order chi connectivity index (χ1) is 7.88. The second kappa shape index (κ2) is 8.62. The summed E-state index contributed by atoms with van der Waals surface area (Å²) >= 11 is 1.92. The number of benzene rings is 1. The molecule has 1 aromatic carbocycles. The van der Waals surface area contributed by atoms with Crippen molar-refractivity contribution in [3.8, 4) is 0 Å². The Bertz CT molecular complexity index is 264. The summed E-state index contributed by atoms with van der Waals surface area (Å²) in [5.41, 5.74) is 1.34. The van der Waals surface area contributed by atoms with E-state index in [0.717, 1.165) is 12.4 Å². The van der Waals surface area contributed by atoms with E-state index in [9.17, 15) is 0 Å². The first-order valence-electron chi connectivity index (χ1n) is 5.61. The van der Waals surface area contributed by atoms with Gasteiger partial charge in [0.2, 0.25) is 0 Å². The average molecular weight is 240 g/mol. The second-order valence-electron chi connectivity index (χ2n) is 3.42. The van der Waals surface area contributed by atoms with Crippen LogP contribution in [0.4, 0.5) is 0 Å². The van der Waals surface area contributed by atoms with E-state index in [-0.39, 0.29) is 0 Å². The predicted molar refractivity (Wildman–Crippen MR) is 70.0 cm³/mol. The van der Waals surface area contributed by atoms with E-state index in [0.29, 0.717) is 18.5 Å². The Balaban J connectivity index is 2.41. The molecule has 3 heteroatoms. The first kappa shape index (κ1) is 13.6. The Morgan fingerprint density at radius 2 is 1.94 bits per heavy atom. The maximum absolute atomic E-state index is 5.60. The molecule has 1 rings (SSSR count). The van der Waals surface area contributed by atoms with Gasteiger partial charge in [-0.1, -0.05) is 37.3 Å². The second-order valence-corrected chi connectivity index (χ2v) is 4.90. The third-order valence-electron chi connectivity index (χ3n) is 2.24. The van der Waals surface area contributed by atoms with Crippen molar-refractivity contribution in [3.63, 3.8) is 0 Å². The molecule has 0 bridgehead atoms. The molecule has 0 N–H and O–H groups in total. The first-order valence-corrected chi connectivity index (χ1v) is 6.66. The molecule has 0 saturated carbocycles. The highest BCUT2D eigenvalue weighted by Crippen LogP contribution is 2.28. The van der Waals surface area contributed by atoms with Gasteiger partial charge < -0.3 is 9.47 Å². The summed E-state index contributed by atoms with van der Waals surface area (Å²) < 4.78 is 10.6. The van der Waals surface area contributed by atoms with E-state index in [1.807, 2.05) is 17.8 Å². The molecule has 2 nitrogen and oxygen atoms in total. The molecule has 16 heavy (non-hydrogen) atoms. The smallest absolute Gasteiger partial charge is 0.0701 e. The monoisotopic (exact) mass is 240 g/mol. The van der Waals surface area contributed by atoms with Gasteiger partial charge in [-0.15, -0.1) is 0 Å².